The van der Waals surface area contributed by atoms with Crippen molar-refractivity contribution in [1.82, 2.24) is 0 Å². The average molecular weight is 241 g/mol. The van der Waals surface area contributed by atoms with Gasteiger partial charge in [0.05, 0.1) is 0 Å². The zero-order valence-electron chi connectivity index (χ0n) is 10.7. The molecule has 0 bridgehead atoms. The molecule has 2 aromatic carbocycles. The van der Waals surface area contributed by atoms with E-state index in [1.165, 1.54) is 11.1 Å². The Balaban J connectivity index is 2.12. The van der Waals surface area contributed by atoms with Gasteiger partial charge in [0.2, 0.25) is 0 Å². The highest BCUT2D eigenvalue weighted by Gasteiger charge is 2.04. The van der Waals surface area contributed by atoms with E-state index in [0.29, 0.717) is 6.61 Å². The van der Waals surface area contributed by atoms with Gasteiger partial charge in [-0.2, -0.15) is 0 Å². The van der Waals surface area contributed by atoms with Crippen LogP contribution in [0, 0.1) is 0 Å². The molecule has 0 aliphatic carbocycles. The molecule has 0 aromatic heterocycles. The van der Waals surface area contributed by atoms with E-state index in [9.17, 15) is 0 Å². The maximum Gasteiger partial charge on any atom is 0.122 e. The second-order valence-corrected chi connectivity index (χ2v) is 4.56. The summed E-state index contributed by atoms with van der Waals surface area (Å²) in [5.74, 6) is 0.929. The fourth-order valence-electron chi connectivity index (χ4n) is 1.83. The van der Waals surface area contributed by atoms with Gasteiger partial charge in [-0.15, -0.1) is 0 Å². The summed E-state index contributed by atoms with van der Waals surface area (Å²) in [7, 11) is 0. The quantitative estimate of drug-likeness (QED) is 0.873. The van der Waals surface area contributed by atoms with Crippen molar-refractivity contribution < 1.29 is 4.74 Å². The largest absolute Gasteiger partial charge is 0.492 e. The molecule has 0 spiro atoms. The predicted octanol–water partition coefficient (Wildman–Crippen LogP) is 3.00. The normalized spacial score (nSPS) is 12.1. The van der Waals surface area contributed by atoms with Crippen molar-refractivity contribution in [2.24, 2.45) is 5.73 Å². The number of benzene rings is 2. The number of nitrogens with two attached hydrogens (primary N) is 1. The predicted molar refractivity (Wildman–Crippen MR) is 74.8 cm³/mol. The molecule has 0 saturated heterocycles. The number of hydrogen-bond acceptors (Lipinski definition) is 2. The van der Waals surface area contributed by atoms with Gasteiger partial charge in [-0.3, -0.25) is 0 Å². The minimum absolute atomic E-state index is 0.0507. The minimum atomic E-state index is 0.0507. The van der Waals surface area contributed by atoms with Crippen molar-refractivity contribution in [3.05, 3.63) is 65.7 Å². The molecule has 18 heavy (non-hydrogen) atoms. The molecule has 0 heterocycles. The van der Waals surface area contributed by atoms with Crippen LogP contribution >= 0.6 is 0 Å². The molecular weight excluding hydrogens is 222 g/mol. The van der Waals surface area contributed by atoms with Crippen LogP contribution in [0.4, 0.5) is 0 Å². The fourth-order valence-corrected chi connectivity index (χ4v) is 1.83. The van der Waals surface area contributed by atoms with Gasteiger partial charge in [0.25, 0.3) is 0 Å². The Kier molecular flexibility index (Phi) is 4.37. The lowest BCUT2D eigenvalue weighted by Gasteiger charge is -2.13. The van der Waals surface area contributed by atoms with E-state index in [-0.39, 0.29) is 6.04 Å². The first-order valence-corrected chi connectivity index (χ1v) is 6.26. The summed E-state index contributed by atoms with van der Waals surface area (Å²) in [5.41, 5.74) is 8.20. The van der Waals surface area contributed by atoms with Gasteiger partial charge < -0.3 is 10.5 Å². The van der Waals surface area contributed by atoms with Crippen molar-refractivity contribution in [3.63, 3.8) is 0 Å². The standard InChI is InChI=1S/C16H19NO/c1-13(17)12-18-16-10-6-5-9-15(16)11-14-7-3-2-4-8-14/h2-10,13H,11-12,17H2,1H3. The first-order chi connectivity index (χ1) is 8.75. The Morgan fingerprint density at radius 2 is 1.67 bits per heavy atom. The Morgan fingerprint density at radius 1 is 1.00 bits per heavy atom. The molecule has 0 saturated carbocycles. The van der Waals surface area contributed by atoms with E-state index in [2.05, 4.69) is 30.3 Å². The third-order valence-corrected chi connectivity index (χ3v) is 2.71. The van der Waals surface area contributed by atoms with Crippen LogP contribution < -0.4 is 10.5 Å². The number of ether oxygens (including phenoxy) is 1. The van der Waals surface area contributed by atoms with E-state index in [1.807, 2.05) is 31.2 Å². The van der Waals surface area contributed by atoms with Crippen LogP contribution in [0.15, 0.2) is 54.6 Å². The molecule has 1 unspecified atom stereocenters. The van der Waals surface area contributed by atoms with Gasteiger partial charge in [-0.1, -0.05) is 48.5 Å². The summed E-state index contributed by atoms with van der Waals surface area (Å²) in [5, 5.41) is 0. The molecule has 0 radical (unpaired) electrons. The highest BCUT2D eigenvalue weighted by atomic mass is 16.5. The topological polar surface area (TPSA) is 35.2 Å². The molecule has 0 aliphatic heterocycles. The summed E-state index contributed by atoms with van der Waals surface area (Å²) < 4.78 is 5.75. The summed E-state index contributed by atoms with van der Waals surface area (Å²) in [4.78, 5) is 0. The monoisotopic (exact) mass is 241 g/mol. The van der Waals surface area contributed by atoms with E-state index in [4.69, 9.17) is 10.5 Å². The first kappa shape index (κ1) is 12.7. The van der Waals surface area contributed by atoms with E-state index in [0.717, 1.165) is 12.2 Å². The van der Waals surface area contributed by atoms with Gasteiger partial charge in [0.1, 0.15) is 12.4 Å². The van der Waals surface area contributed by atoms with Gasteiger partial charge in [0, 0.05) is 12.5 Å². The summed E-state index contributed by atoms with van der Waals surface area (Å²) in [6.45, 7) is 2.49. The van der Waals surface area contributed by atoms with Crippen molar-refractivity contribution >= 4 is 0 Å². The van der Waals surface area contributed by atoms with Gasteiger partial charge in [0.15, 0.2) is 0 Å². The molecule has 1 atom stereocenters. The lowest BCUT2D eigenvalue weighted by molar-refractivity contribution is 0.294. The molecule has 0 aliphatic rings. The number of para-hydroxylation sites is 1. The molecule has 94 valence electrons. The van der Waals surface area contributed by atoms with Crippen LogP contribution in [0.25, 0.3) is 0 Å². The lowest BCUT2D eigenvalue weighted by Crippen LogP contribution is -2.23. The number of rotatable bonds is 5. The van der Waals surface area contributed by atoms with Gasteiger partial charge >= 0.3 is 0 Å². The van der Waals surface area contributed by atoms with Crippen molar-refractivity contribution in [2.75, 3.05) is 6.61 Å². The molecule has 2 rings (SSSR count). The summed E-state index contributed by atoms with van der Waals surface area (Å²) >= 11 is 0. The molecule has 0 fully saturated rings. The van der Waals surface area contributed by atoms with Crippen molar-refractivity contribution in [2.45, 2.75) is 19.4 Å². The third-order valence-electron chi connectivity index (χ3n) is 2.71. The molecule has 2 aromatic rings. The smallest absolute Gasteiger partial charge is 0.122 e. The molecule has 2 heteroatoms. The Morgan fingerprint density at radius 3 is 2.39 bits per heavy atom. The second-order valence-electron chi connectivity index (χ2n) is 4.56. The van der Waals surface area contributed by atoms with Gasteiger partial charge in [-0.05, 0) is 24.1 Å². The highest BCUT2D eigenvalue weighted by molar-refractivity contribution is 5.37. The molecule has 2 nitrogen and oxygen atoms in total. The van der Waals surface area contributed by atoms with Gasteiger partial charge in [-0.25, -0.2) is 0 Å². The maximum absolute atomic E-state index is 5.75. The van der Waals surface area contributed by atoms with Crippen molar-refractivity contribution in [1.29, 1.82) is 0 Å². The van der Waals surface area contributed by atoms with Crippen LogP contribution in [-0.4, -0.2) is 12.6 Å². The second kappa shape index (κ2) is 6.22. The Hall–Kier alpha value is -1.80. The summed E-state index contributed by atoms with van der Waals surface area (Å²) in [6.07, 6.45) is 0.885. The third kappa shape index (κ3) is 3.60. The van der Waals surface area contributed by atoms with Crippen LogP contribution in [0.2, 0.25) is 0 Å². The Bertz CT molecular complexity index is 479. The van der Waals surface area contributed by atoms with Crippen LogP contribution in [0.5, 0.6) is 5.75 Å². The minimum Gasteiger partial charge on any atom is -0.492 e. The molecule has 2 N–H and O–H groups in total. The first-order valence-electron chi connectivity index (χ1n) is 6.26. The molecular formula is C16H19NO. The average Bonchev–Trinajstić information content (AvgIpc) is 2.39. The van der Waals surface area contributed by atoms with Crippen LogP contribution in [0.3, 0.4) is 0 Å². The van der Waals surface area contributed by atoms with E-state index in [1.54, 1.807) is 0 Å². The zero-order valence-corrected chi connectivity index (χ0v) is 10.7. The molecule has 0 amide bonds. The highest BCUT2D eigenvalue weighted by Crippen LogP contribution is 2.21. The van der Waals surface area contributed by atoms with E-state index >= 15 is 0 Å². The van der Waals surface area contributed by atoms with Crippen molar-refractivity contribution in [3.8, 4) is 5.75 Å². The lowest BCUT2D eigenvalue weighted by atomic mass is 10.0. The maximum atomic E-state index is 5.75. The SMILES string of the molecule is CC(N)COc1ccccc1Cc1ccccc1. The summed E-state index contributed by atoms with van der Waals surface area (Å²) in [6, 6.07) is 18.6. The fraction of sp³-hybridized carbons (Fsp3) is 0.250. The Labute approximate surface area is 108 Å². The van der Waals surface area contributed by atoms with Crippen LogP contribution in [-0.2, 0) is 6.42 Å². The zero-order chi connectivity index (χ0) is 12.8. The van der Waals surface area contributed by atoms with E-state index < -0.39 is 0 Å². The number of hydrogen-bond donors (Lipinski definition) is 1. The van der Waals surface area contributed by atoms with Crippen LogP contribution in [0.1, 0.15) is 18.1 Å².